The largest absolute Gasteiger partial charge is 0.450 e. The van der Waals surface area contributed by atoms with Crippen LogP contribution in [0.3, 0.4) is 0 Å². The molecule has 146 valence electrons. The maximum atomic E-state index is 12.1. The second kappa shape index (κ2) is 9.50. The molecule has 0 aliphatic rings. The average molecular weight is 388 g/mol. The highest BCUT2D eigenvalue weighted by Gasteiger charge is 2.17. The smallest absolute Gasteiger partial charge is 0.407 e. The predicted octanol–water partition coefficient (Wildman–Crippen LogP) is 4.26. The van der Waals surface area contributed by atoms with Crippen LogP contribution in [0.2, 0.25) is 25.7 Å². The summed E-state index contributed by atoms with van der Waals surface area (Å²) in [6.07, 6.45) is 2.32. The van der Waals surface area contributed by atoms with Gasteiger partial charge in [-0.25, -0.2) is 4.79 Å². The van der Waals surface area contributed by atoms with E-state index in [1.54, 1.807) is 6.20 Å². The van der Waals surface area contributed by atoms with Gasteiger partial charge in [-0.1, -0.05) is 43.9 Å². The van der Waals surface area contributed by atoms with Crippen LogP contribution in [0.4, 0.5) is 4.79 Å². The summed E-state index contributed by atoms with van der Waals surface area (Å²) in [5.41, 5.74) is 2.95. The van der Waals surface area contributed by atoms with Crippen molar-refractivity contribution in [2.75, 3.05) is 6.61 Å². The van der Waals surface area contributed by atoms with Gasteiger partial charge in [0.25, 0.3) is 0 Å². The summed E-state index contributed by atoms with van der Waals surface area (Å²) in [7, 11) is -1.25. The second-order valence-corrected chi connectivity index (χ2v) is 13.3. The number of amides is 1. The van der Waals surface area contributed by atoms with Crippen molar-refractivity contribution in [2.24, 2.45) is 0 Å². The van der Waals surface area contributed by atoms with E-state index in [1.807, 2.05) is 41.9 Å². The van der Waals surface area contributed by atoms with Crippen LogP contribution in [-0.2, 0) is 16.1 Å². The monoisotopic (exact) mass is 387 g/mol. The molecule has 1 aromatic heterocycles. The summed E-state index contributed by atoms with van der Waals surface area (Å²) in [5, 5.41) is 7.09. The molecule has 0 saturated heterocycles. The zero-order valence-corrected chi connectivity index (χ0v) is 17.6. The number of nitrogens with one attached hydrogen (secondary N) is 1. The molecule has 2 rings (SSSR count). The van der Waals surface area contributed by atoms with Gasteiger partial charge in [0.2, 0.25) is 0 Å². The van der Waals surface area contributed by atoms with Crippen molar-refractivity contribution < 1.29 is 14.3 Å². The summed E-state index contributed by atoms with van der Waals surface area (Å²) in [6, 6.07) is 10.3. The Morgan fingerprint density at radius 2 is 1.96 bits per heavy atom. The molecule has 0 aliphatic heterocycles. The third kappa shape index (κ3) is 6.36. The van der Waals surface area contributed by atoms with Gasteiger partial charge in [-0.15, -0.1) is 0 Å². The third-order valence-electron chi connectivity index (χ3n) is 4.33. The fraction of sp³-hybridized carbons (Fsp3) is 0.450. The van der Waals surface area contributed by atoms with Gasteiger partial charge in [0, 0.05) is 27.2 Å². The van der Waals surface area contributed by atoms with E-state index in [-0.39, 0.29) is 6.42 Å². The molecule has 2 aromatic rings. The Morgan fingerprint density at radius 1 is 1.26 bits per heavy atom. The number of aldehydes is 1. The van der Waals surface area contributed by atoms with E-state index >= 15 is 0 Å². The number of carbonyl (C=O) groups excluding carboxylic acids is 2. The highest BCUT2D eigenvalue weighted by Crippen LogP contribution is 2.23. The van der Waals surface area contributed by atoms with Crippen LogP contribution in [0, 0.1) is 0 Å². The van der Waals surface area contributed by atoms with Gasteiger partial charge in [-0.05, 0) is 30.2 Å². The van der Waals surface area contributed by atoms with Crippen LogP contribution in [0.5, 0.6) is 0 Å². The first-order valence-corrected chi connectivity index (χ1v) is 13.0. The van der Waals surface area contributed by atoms with Crippen LogP contribution >= 0.6 is 0 Å². The molecule has 0 radical (unpaired) electrons. The molecular weight excluding hydrogens is 358 g/mol. The van der Waals surface area contributed by atoms with Crippen molar-refractivity contribution >= 4 is 20.5 Å². The van der Waals surface area contributed by atoms with Crippen molar-refractivity contribution in [3.8, 4) is 11.3 Å². The molecule has 7 heteroatoms. The van der Waals surface area contributed by atoms with Gasteiger partial charge < -0.3 is 14.8 Å². The number of aromatic nitrogens is 2. The lowest BCUT2D eigenvalue weighted by Crippen LogP contribution is -2.31. The fourth-order valence-corrected chi connectivity index (χ4v) is 3.44. The average Bonchev–Trinajstić information content (AvgIpc) is 3.09. The third-order valence-corrected chi connectivity index (χ3v) is 6.04. The van der Waals surface area contributed by atoms with E-state index < -0.39 is 20.2 Å². The molecule has 1 heterocycles. The number of hydrogen-bond acceptors (Lipinski definition) is 4. The van der Waals surface area contributed by atoms with E-state index in [0.717, 1.165) is 35.7 Å². The zero-order valence-electron chi connectivity index (χ0n) is 16.6. The Labute approximate surface area is 161 Å². The molecular formula is C20H29N3O3Si. The van der Waals surface area contributed by atoms with Crippen LogP contribution in [0.1, 0.15) is 24.9 Å². The number of benzene rings is 1. The molecule has 1 amide bonds. The summed E-state index contributed by atoms with van der Waals surface area (Å²) in [6.45, 7) is 9.95. The standard InChI is InChI=1S/C20H29N3O3Si/c1-5-23-19(10-12-21-23)17-8-6-16(7-9-17)18(11-13-24)22-20(25)26-14-15-27(2,3)4/h6-10,12-13,18H,5,11,14-15H2,1-4H3,(H,22,25)/t18-/m0/s1. The van der Waals surface area contributed by atoms with Crippen molar-refractivity contribution in [2.45, 2.75) is 51.6 Å². The highest BCUT2D eigenvalue weighted by molar-refractivity contribution is 6.76. The lowest BCUT2D eigenvalue weighted by molar-refractivity contribution is -0.108. The lowest BCUT2D eigenvalue weighted by Gasteiger charge is -2.19. The van der Waals surface area contributed by atoms with Gasteiger partial charge in [0.05, 0.1) is 18.3 Å². The molecule has 0 fully saturated rings. The minimum atomic E-state index is -1.25. The van der Waals surface area contributed by atoms with Crippen molar-refractivity contribution in [1.29, 1.82) is 0 Å². The Kier molecular flexibility index (Phi) is 7.35. The molecule has 0 saturated carbocycles. The fourth-order valence-electron chi connectivity index (χ4n) is 2.72. The number of aryl methyl sites for hydroxylation is 1. The normalized spacial score (nSPS) is 12.4. The Balaban J connectivity index is 2.03. The Bertz CT molecular complexity index is 751. The molecule has 1 atom stereocenters. The molecule has 6 nitrogen and oxygen atoms in total. The number of nitrogens with zero attached hydrogens (tertiary/aromatic N) is 2. The molecule has 27 heavy (non-hydrogen) atoms. The summed E-state index contributed by atoms with van der Waals surface area (Å²) < 4.78 is 7.21. The Morgan fingerprint density at radius 3 is 2.56 bits per heavy atom. The predicted molar refractivity (Wildman–Crippen MR) is 109 cm³/mol. The summed E-state index contributed by atoms with van der Waals surface area (Å²) >= 11 is 0. The Hall–Kier alpha value is -2.41. The van der Waals surface area contributed by atoms with Crippen molar-refractivity contribution in [3.05, 3.63) is 42.1 Å². The maximum absolute atomic E-state index is 12.1. The molecule has 1 aromatic carbocycles. The molecule has 0 unspecified atom stereocenters. The van der Waals surface area contributed by atoms with E-state index in [2.05, 4.69) is 30.1 Å². The quantitative estimate of drug-likeness (QED) is 0.515. The van der Waals surface area contributed by atoms with Crippen molar-refractivity contribution in [3.63, 3.8) is 0 Å². The minimum absolute atomic E-state index is 0.204. The first-order chi connectivity index (χ1) is 12.8. The van der Waals surface area contributed by atoms with Gasteiger partial charge in [-0.2, -0.15) is 5.10 Å². The second-order valence-electron chi connectivity index (χ2n) is 7.70. The van der Waals surface area contributed by atoms with Crippen LogP contribution in [0.15, 0.2) is 36.5 Å². The van der Waals surface area contributed by atoms with Gasteiger partial charge in [0.15, 0.2) is 0 Å². The topological polar surface area (TPSA) is 73.2 Å². The number of hydrogen-bond donors (Lipinski definition) is 1. The molecule has 0 bridgehead atoms. The number of alkyl carbamates (subject to hydrolysis) is 1. The summed E-state index contributed by atoms with van der Waals surface area (Å²) in [5.74, 6) is 0. The lowest BCUT2D eigenvalue weighted by atomic mass is 10.0. The maximum Gasteiger partial charge on any atom is 0.407 e. The summed E-state index contributed by atoms with van der Waals surface area (Å²) in [4.78, 5) is 23.1. The van der Waals surface area contributed by atoms with E-state index in [0.29, 0.717) is 6.61 Å². The molecule has 0 aliphatic carbocycles. The van der Waals surface area contributed by atoms with Crippen LogP contribution in [-0.4, -0.2) is 36.8 Å². The van der Waals surface area contributed by atoms with Gasteiger partial charge in [0.1, 0.15) is 6.29 Å². The van der Waals surface area contributed by atoms with E-state index in [1.165, 1.54) is 0 Å². The first kappa shape index (κ1) is 20.9. The highest BCUT2D eigenvalue weighted by atomic mass is 28.3. The number of rotatable bonds is 9. The molecule has 1 N–H and O–H groups in total. The van der Waals surface area contributed by atoms with Gasteiger partial charge in [-0.3, -0.25) is 4.68 Å². The van der Waals surface area contributed by atoms with Gasteiger partial charge >= 0.3 is 6.09 Å². The number of carbonyl (C=O) groups is 2. The van der Waals surface area contributed by atoms with Crippen LogP contribution in [0.25, 0.3) is 11.3 Å². The molecule has 0 spiro atoms. The minimum Gasteiger partial charge on any atom is -0.450 e. The SMILES string of the molecule is CCn1nccc1-c1ccc([C@H](CC=O)NC(=O)OCC[Si](C)(C)C)cc1. The van der Waals surface area contributed by atoms with E-state index in [9.17, 15) is 9.59 Å². The van der Waals surface area contributed by atoms with Crippen molar-refractivity contribution in [1.82, 2.24) is 15.1 Å². The zero-order chi connectivity index (χ0) is 19.9. The van der Waals surface area contributed by atoms with E-state index in [4.69, 9.17) is 4.74 Å². The number of ether oxygens (including phenoxy) is 1. The first-order valence-electron chi connectivity index (χ1n) is 9.33. The van der Waals surface area contributed by atoms with Crippen LogP contribution < -0.4 is 5.32 Å².